The average molecular weight is 210 g/mol. The number of nitrogens with zero attached hydrogens (tertiary/aromatic N) is 2. The minimum Gasteiger partial charge on any atom is -0.378 e. The molecule has 0 aromatic heterocycles. The fraction of sp³-hybridized carbons (Fsp3) is 0.818. The van der Waals surface area contributed by atoms with Crippen LogP contribution < -0.4 is 0 Å². The molecule has 0 aromatic carbocycles. The summed E-state index contributed by atoms with van der Waals surface area (Å²) in [5.41, 5.74) is 0. The van der Waals surface area contributed by atoms with Crippen molar-refractivity contribution in [2.45, 2.75) is 32.8 Å². The molecule has 0 aliphatic carbocycles. The first-order valence-electron chi connectivity index (χ1n) is 5.46. The van der Waals surface area contributed by atoms with E-state index < -0.39 is 0 Å². The highest BCUT2D eigenvalue weighted by Gasteiger charge is 2.30. The Bertz CT molecular complexity index is 260. The van der Waals surface area contributed by atoms with Gasteiger partial charge in [-0.15, -0.1) is 0 Å². The lowest BCUT2D eigenvalue weighted by Crippen LogP contribution is -2.37. The standard InChI is InChI=1S/C11H18N2O2/c1-3-13(6-4-5-12)11(14)10-7-9(2)15-8-10/h9-10H,3-4,6-8H2,1-2H3. The number of carbonyl (C=O) groups is 1. The van der Waals surface area contributed by atoms with Gasteiger partial charge in [0.05, 0.1) is 31.1 Å². The molecule has 1 aliphatic heterocycles. The van der Waals surface area contributed by atoms with E-state index in [1.54, 1.807) is 4.90 Å². The van der Waals surface area contributed by atoms with Crippen molar-refractivity contribution in [3.05, 3.63) is 0 Å². The highest BCUT2D eigenvalue weighted by atomic mass is 16.5. The van der Waals surface area contributed by atoms with E-state index in [-0.39, 0.29) is 17.9 Å². The van der Waals surface area contributed by atoms with Crippen LogP contribution in [0.5, 0.6) is 0 Å². The van der Waals surface area contributed by atoms with Crippen molar-refractivity contribution >= 4 is 5.91 Å². The number of rotatable bonds is 4. The molecule has 1 saturated heterocycles. The fourth-order valence-electron chi connectivity index (χ4n) is 1.86. The summed E-state index contributed by atoms with van der Waals surface area (Å²) in [6.45, 7) is 5.67. The van der Waals surface area contributed by atoms with Crippen molar-refractivity contribution in [2.75, 3.05) is 19.7 Å². The molecular weight excluding hydrogens is 192 g/mol. The van der Waals surface area contributed by atoms with Gasteiger partial charge in [0.25, 0.3) is 0 Å². The zero-order valence-corrected chi connectivity index (χ0v) is 9.40. The maximum atomic E-state index is 12.0. The van der Waals surface area contributed by atoms with E-state index in [2.05, 4.69) is 6.07 Å². The Morgan fingerprint density at radius 1 is 1.67 bits per heavy atom. The molecule has 0 aromatic rings. The Balaban J connectivity index is 2.46. The quantitative estimate of drug-likeness (QED) is 0.700. The maximum absolute atomic E-state index is 12.0. The zero-order valence-electron chi connectivity index (χ0n) is 9.40. The molecule has 2 unspecified atom stereocenters. The molecular formula is C11H18N2O2. The summed E-state index contributed by atoms with van der Waals surface area (Å²) >= 11 is 0. The van der Waals surface area contributed by atoms with Crippen LogP contribution in [-0.4, -0.2) is 36.6 Å². The van der Waals surface area contributed by atoms with Gasteiger partial charge in [-0.1, -0.05) is 0 Å². The fourth-order valence-corrected chi connectivity index (χ4v) is 1.86. The summed E-state index contributed by atoms with van der Waals surface area (Å²) in [6.07, 6.45) is 1.40. The Morgan fingerprint density at radius 3 is 2.87 bits per heavy atom. The summed E-state index contributed by atoms with van der Waals surface area (Å²) in [7, 11) is 0. The number of hydrogen-bond donors (Lipinski definition) is 0. The largest absolute Gasteiger partial charge is 0.378 e. The highest BCUT2D eigenvalue weighted by molar-refractivity contribution is 5.79. The predicted molar refractivity (Wildman–Crippen MR) is 56.0 cm³/mol. The van der Waals surface area contributed by atoms with Crippen molar-refractivity contribution in [3.8, 4) is 6.07 Å². The molecule has 1 amide bonds. The first-order chi connectivity index (χ1) is 7.19. The minimum atomic E-state index is -0.00126. The van der Waals surface area contributed by atoms with E-state index in [0.717, 1.165) is 6.42 Å². The third-order valence-corrected chi connectivity index (χ3v) is 2.73. The lowest BCUT2D eigenvalue weighted by atomic mass is 10.0. The molecule has 15 heavy (non-hydrogen) atoms. The molecule has 1 fully saturated rings. The molecule has 0 radical (unpaired) electrons. The van der Waals surface area contributed by atoms with Gasteiger partial charge in [0.15, 0.2) is 0 Å². The van der Waals surface area contributed by atoms with Crippen LogP contribution in [0.2, 0.25) is 0 Å². The van der Waals surface area contributed by atoms with E-state index in [1.807, 2.05) is 13.8 Å². The van der Waals surface area contributed by atoms with Gasteiger partial charge in [0.2, 0.25) is 5.91 Å². The van der Waals surface area contributed by atoms with Crippen LogP contribution in [0.15, 0.2) is 0 Å². The molecule has 2 atom stereocenters. The third kappa shape index (κ3) is 3.21. The van der Waals surface area contributed by atoms with Gasteiger partial charge in [-0.05, 0) is 20.3 Å². The van der Waals surface area contributed by atoms with Gasteiger partial charge in [-0.25, -0.2) is 0 Å². The van der Waals surface area contributed by atoms with Crippen LogP contribution >= 0.6 is 0 Å². The maximum Gasteiger partial charge on any atom is 0.228 e. The number of amides is 1. The topological polar surface area (TPSA) is 53.3 Å². The summed E-state index contributed by atoms with van der Waals surface area (Å²) in [6, 6.07) is 2.06. The first kappa shape index (κ1) is 12.0. The van der Waals surface area contributed by atoms with E-state index in [0.29, 0.717) is 26.1 Å². The second-order valence-corrected chi connectivity index (χ2v) is 3.90. The molecule has 1 heterocycles. The second-order valence-electron chi connectivity index (χ2n) is 3.90. The highest BCUT2D eigenvalue weighted by Crippen LogP contribution is 2.21. The van der Waals surface area contributed by atoms with Crippen molar-refractivity contribution in [1.29, 1.82) is 5.26 Å². The van der Waals surface area contributed by atoms with E-state index in [4.69, 9.17) is 10.00 Å². The number of nitriles is 1. The van der Waals surface area contributed by atoms with E-state index >= 15 is 0 Å². The summed E-state index contributed by atoms with van der Waals surface area (Å²) in [5.74, 6) is 0.135. The summed E-state index contributed by atoms with van der Waals surface area (Å²) < 4.78 is 5.37. The lowest BCUT2D eigenvalue weighted by Gasteiger charge is -2.22. The number of hydrogen-bond acceptors (Lipinski definition) is 3. The molecule has 84 valence electrons. The lowest BCUT2D eigenvalue weighted by molar-refractivity contribution is -0.135. The first-order valence-corrected chi connectivity index (χ1v) is 5.46. The van der Waals surface area contributed by atoms with Crippen molar-refractivity contribution in [3.63, 3.8) is 0 Å². The molecule has 0 saturated carbocycles. The van der Waals surface area contributed by atoms with Gasteiger partial charge < -0.3 is 9.64 Å². The molecule has 1 aliphatic rings. The number of carbonyl (C=O) groups excluding carboxylic acids is 1. The van der Waals surface area contributed by atoms with Crippen LogP contribution in [0.4, 0.5) is 0 Å². The molecule has 1 rings (SSSR count). The zero-order chi connectivity index (χ0) is 11.3. The number of ether oxygens (including phenoxy) is 1. The Hall–Kier alpha value is -1.08. The molecule has 0 bridgehead atoms. The minimum absolute atomic E-state index is 0.00126. The van der Waals surface area contributed by atoms with E-state index in [9.17, 15) is 4.79 Å². The Morgan fingerprint density at radius 2 is 2.40 bits per heavy atom. The average Bonchev–Trinajstić information content (AvgIpc) is 2.65. The molecule has 0 spiro atoms. The molecule has 4 heteroatoms. The van der Waals surface area contributed by atoms with Crippen molar-refractivity contribution in [2.24, 2.45) is 5.92 Å². The monoisotopic (exact) mass is 210 g/mol. The van der Waals surface area contributed by atoms with Crippen LogP contribution in [0.3, 0.4) is 0 Å². The van der Waals surface area contributed by atoms with Crippen LogP contribution in [0, 0.1) is 17.2 Å². The smallest absolute Gasteiger partial charge is 0.228 e. The van der Waals surface area contributed by atoms with Crippen molar-refractivity contribution in [1.82, 2.24) is 4.90 Å². The van der Waals surface area contributed by atoms with E-state index in [1.165, 1.54) is 0 Å². The predicted octanol–water partition coefficient (Wildman–Crippen LogP) is 1.17. The second kappa shape index (κ2) is 5.72. The van der Waals surface area contributed by atoms with Gasteiger partial charge in [-0.3, -0.25) is 4.79 Å². The Labute approximate surface area is 90.8 Å². The third-order valence-electron chi connectivity index (χ3n) is 2.73. The van der Waals surface area contributed by atoms with Crippen LogP contribution in [-0.2, 0) is 9.53 Å². The van der Waals surface area contributed by atoms with Gasteiger partial charge in [-0.2, -0.15) is 5.26 Å². The van der Waals surface area contributed by atoms with Gasteiger partial charge in [0.1, 0.15) is 0 Å². The normalized spacial score (nSPS) is 24.9. The molecule has 0 N–H and O–H groups in total. The summed E-state index contributed by atoms with van der Waals surface area (Å²) in [4.78, 5) is 13.7. The SMILES string of the molecule is CCN(CCC#N)C(=O)C1COC(C)C1. The Kier molecular flexibility index (Phi) is 4.57. The molecule has 4 nitrogen and oxygen atoms in total. The van der Waals surface area contributed by atoms with Gasteiger partial charge in [0, 0.05) is 13.1 Å². The van der Waals surface area contributed by atoms with Crippen LogP contribution in [0.1, 0.15) is 26.7 Å². The van der Waals surface area contributed by atoms with Crippen LogP contribution in [0.25, 0.3) is 0 Å². The van der Waals surface area contributed by atoms with Crippen molar-refractivity contribution < 1.29 is 9.53 Å². The summed E-state index contributed by atoms with van der Waals surface area (Å²) in [5, 5.41) is 8.49. The van der Waals surface area contributed by atoms with Gasteiger partial charge >= 0.3 is 0 Å².